The van der Waals surface area contributed by atoms with E-state index in [1.165, 1.54) is 0 Å². The highest BCUT2D eigenvalue weighted by molar-refractivity contribution is 5.79. The first-order valence-corrected chi connectivity index (χ1v) is 9.94. The fourth-order valence-corrected chi connectivity index (χ4v) is 3.49. The van der Waals surface area contributed by atoms with E-state index in [1.54, 1.807) is 0 Å². The largest absolute Gasteiger partial charge is 0.493 e. The molecular weight excluding hydrogens is 356 g/mol. The molecule has 1 aromatic heterocycles. The van der Waals surface area contributed by atoms with E-state index in [1.807, 2.05) is 43.0 Å². The predicted octanol–water partition coefficient (Wildman–Crippen LogP) is 3.44. The van der Waals surface area contributed by atoms with Crippen molar-refractivity contribution < 1.29 is 18.8 Å². The van der Waals surface area contributed by atoms with E-state index in [0.29, 0.717) is 25.6 Å². The van der Waals surface area contributed by atoms with Crippen molar-refractivity contribution in [3.8, 4) is 5.75 Å². The zero-order valence-corrected chi connectivity index (χ0v) is 16.9. The zero-order valence-electron chi connectivity index (χ0n) is 16.9. The van der Waals surface area contributed by atoms with Gasteiger partial charge < -0.3 is 18.9 Å². The second-order valence-corrected chi connectivity index (χ2v) is 8.47. The Morgan fingerprint density at radius 2 is 1.96 bits per heavy atom. The lowest BCUT2D eigenvalue weighted by Gasteiger charge is -2.37. The van der Waals surface area contributed by atoms with Gasteiger partial charge in [-0.2, -0.15) is 0 Å². The van der Waals surface area contributed by atoms with Gasteiger partial charge >= 0.3 is 0 Å². The van der Waals surface area contributed by atoms with Crippen LogP contribution in [0.25, 0.3) is 0 Å². The average molecular weight is 384 g/mol. The lowest BCUT2D eigenvalue weighted by molar-refractivity contribution is -0.131. The molecule has 4 rings (SSSR count). The van der Waals surface area contributed by atoms with Crippen LogP contribution in [0, 0.1) is 19.3 Å². The van der Waals surface area contributed by atoms with Crippen LogP contribution in [0.5, 0.6) is 5.75 Å². The van der Waals surface area contributed by atoms with Crippen LogP contribution < -0.4 is 4.74 Å². The van der Waals surface area contributed by atoms with Gasteiger partial charge in [0.2, 0.25) is 5.91 Å². The van der Waals surface area contributed by atoms with Crippen molar-refractivity contribution in [2.45, 2.75) is 52.6 Å². The molecule has 1 aromatic carbocycles. The van der Waals surface area contributed by atoms with E-state index in [2.05, 4.69) is 12.1 Å². The van der Waals surface area contributed by atoms with Crippen molar-refractivity contribution in [1.29, 1.82) is 0 Å². The minimum Gasteiger partial charge on any atom is -0.493 e. The van der Waals surface area contributed by atoms with Crippen LogP contribution in [0.4, 0.5) is 0 Å². The summed E-state index contributed by atoms with van der Waals surface area (Å²) >= 11 is 0. The Balaban J connectivity index is 1.37. The van der Waals surface area contributed by atoms with E-state index in [9.17, 15) is 4.79 Å². The Hall–Kier alpha value is -2.34. The third-order valence-corrected chi connectivity index (χ3v) is 5.58. The van der Waals surface area contributed by atoms with Crippen molar-refractivity contribution in [3.63, 3.8) is 0 Å². The number of nitrogens with zero attached hydrogens (tertiary/aromatic N) is 2. The third kappa shape index (κ3) is 4.22. The summed E-state index contributed by atoms with van der Waals surface area (Å²) in [4.78, 5) is 14.9. The van der Waals surface area contributed by atoms with Gasteiger partial charge in [0.1, 0.15) is 11.5 Å². The normalized spacial score (nSPS) is 17.8. The standard InChI is InChI=1S/C22H28N2O4/c1-15-20(16(2)28-23-15)10-21(25)24(18-6-7-18)11-17-4-8-19(9-5-17)27-14-22(3)12-26-13-22/h4-5,8-9,18H,6-7,10-14H2,1-3H3. The molecule has 1 aliphatic carbocycles. The van der Waals surface area contributed by atoms with Crippen LogP contribution in [0.3, 0.4) is 0 Å². The summed E-state index contributed by atoms with van der Waals surface area (Å²) in [7, 11) is 0. The molecule has 2 fully saturated rings. The Labute approximate surface area is 165 Å². The van der Waals surface area contributed by atoms with Gasteiger partial charge in [-0.05, 0) is 44.4 Å². The van der Waals surface area contributed by atoms with Crippen LogP contribution >= 0.6 is 0 Å². The van der Waals surface area contributed by atoms with Gasteiger partial charge in [0.15, 0.2) is 0 Å². The van der Waals surface area contributed by atoms with Crippen LogP contribution in [0.1, 0.15) is 42.3 Å². The maximum Gasteiger partial charge on any atom is 0.227 e. The number of rotatable bonds is 8. The van der Waals surface area contributed by atoms with E-state index < -0.39 is 0 Å². The van der Waals surface area contributed by atoms with Crippen molar-refractivity contribution >= 4 is 5.91 Å². The van der Waals surface area contributed by atoms with Gasteiger partial charge in [0.05, 0.1) is 31.9 Å². The number of hydrogen-bond donors (Lipinski definition) is 0. The molecule has 0 atom stereocenters. The minimum absolute atomic E-state index is 0.131. The number of carbonyl (C=O) groups is 1. The van der Waals surface area contributed by atoms with E-state index in [4.69, 9.17) is 14.0 Å². The summed E-state index contributed by atoms with van der Waals surface area (Å²) in [6.07, 6.45) is 2.50. The summed E-state index contributed by atoms with van der Waals surface area (Å²) in [6.45, 7) is 8.72. The zero-order chi connectivity index (χ0) is 19.7. The number of aryl methyl sites for hydroxylation is 2. The lowest BCUT2D eigenvalue weighted by Crippen LogP contribution is -2.44. The summed E-state index contributed by atoms with van der Waals surface area (Å²) in [5.74, 6) is 1.72. The molecule has 6 nitrogen and oxygen atoms in total. The molecule has 28 heavy (non-hydrogen) atoms. The summed E-state index contributed by atoms with van der Waals surface area (Å²) < 4.78 is 16.4. The molecule has 1 saturated heterocycles. The van der Waals surface area contributed by atoms with E-state index in [-0.39, 0.29) is 11.3 Å². The highest BCUT2D eigenvalue weighted by Crippen LogP contribution is 2.30. The van der Waals surface area contributed by atoms with Gasteiger partial charge in [-0.1, -0.05) is 24.2 Å². The first-order chi connectivity index (χ1) is 13.4. The second-order valence-electron chi connectivity index (χ2n) is 8.47. The number of benzene rings is 1. The molecule has 2 aliphatic rings. The van der Waals surface area contributed by atoms with Crippen molar-refractivity contribution in [2.75, 3.05) is 19.8 Å². The van der Waals surface area contributed by atoms with Crippen LogP contribution in [0.2, 0.25) is 0 Å². The molecule has 2 heterocycles. The third-order valence-electron chi connectivity index (χ3n) is 5.58. The molecule has 150 valence electrons. The molecular formula is C22H28N2O4. The van der Waals surface area contributed by atoms with Gasteiger partial charge in [-0.15, -0.1) is 0 Å². The Bertz CT molecular complexity index is 815. The number of hydrogen-bond acceptors (Lipinski definition) is 5. The molecule has 2 aromatic rings. The highest BCUT2D eigenvalue weighted by Gasteiger charge is 2.34. The van der Waals surface area contributed by atoms with Crippen LogP contribution in [-0.2, 0) is 22.5 Å². The second kappa shape index (κ2) is 7.59. The fraction of sp³-hybridized carbons (Fsp3) is 0.545. The topological polar surface area (TPSA) is 64.8 Å². The van der Waals surface area contributed by atoms with Crippen LogP contribution in [-0.4, -0.2) is 41.8 Å². The number of aromatic nitrogens is 1. The molecule has 1 aliphatic heterocycles. The van der Waals surface area contributed by atoms with Gasteiger partial charge in [-0.3, -0.25) is 4.79 Å². The van der Waals surface area contributed by atoms with E-state index >= 15 is 0 Å². The maximum atomic E-state index is 12.9. The van der Waals surface area contributed by atoms with Crippen molar-refractivity contribution in [1.82, 2.24) is 10.1 Å². The average Bonchev–Trinajstić information content (AvgIpc) is 3.46. The first kappa shape index (κ1) is 19.0. The molecule has 0 bridgehead atoms. The maximum absolute atomic E-state index is 12.9. The summed E-state index contributed by atoms with van der Waals surface area (Å²) in [6, 6.07) is 8.42. The smallest absolute Gasteiger partial charge is 0.227 e. The minimum atomic E-state index is 0.131. The monoisotopic (exact) mass is 384 g/mol. The molecule has 0 spiro atoms. The van der Waals surface area contributed by atoms with Gasteiger partial charge in [0.25, 0.3) is 0 Å². The Morgan fingerprint density at radius 1 is 1.25 bits per heavy atom. The predicted molar refractivity (Wildman–Crippen MR) is 104 cm³/mol. The van der Waals surface area contributed by atoms with Crippen LogP contribution in [0.15, 0.2) is 28.8 Å². The first-order valence-electron chi connectivity index (χ1n) is 9.94. The Kier molecular flexibility index (Phi) is 5.15. The molecule has 0 unspecified atom stereocenters. The molecule has 0 N–H and O–H groups in total. The van der Waals surface area contributed by atoms with Crippen molar-refractivity contribution in [2.24, 2.45) is 5.41 Å². The van der Waals surface area contributed by atoms with Gasteiger partial charge in [0, 0.05) is 23.6 Å². The quantitative estimate of drug-likeness (QED) is 0.698. The van der Waals surface area contributed by atoms with Gasteiger partial charge in [-0.25, -0.2) is 0 Å². The summed E-state index contributed by atoms with van der Waals surface area (Å²) in [5, 5.41) is 3.96. The van der Waals surface area contributed by atoms with E-state index in [0.717, 1.165) is 54.4 Å². The SMILES string of the molecule is Cc1noc(C)c1CC(=O)N(Cc1ccc(OCC2(C)COC2)cc1)C1CC1. The molecule has 6 heteroatoms. The number of ether oxygens (including phenoxy) is 2. The fourth-order valence-electron chi connectivity index (χ4n) is 3.49. The molecule has 0 radical (unpaired) electrons. The molecule has 1 saturated carbocycles. The number of carbonyl (C=O) groups excluding carboxylic acids is 1. The highest BCUT2D eigenvalue weighted by atomic mass is 16.5. The van der Waals surface area contributed by atoms with Crippen molar-refractivity contribution in [3.05, 3.63) is 46.8 Å². The lowest BCUT2D eigenvalue weighted by atomic mass is 9.90. The molecule has 1 amide bonds. The number of amides is 1. The Morgan fingerprint density at radius 3 is 2.50 bits per heavy atom. The summed E-state index contributed by atoms with van der Waals surface area (Å²) in [5.41, 5.74) is 2.96.